The quantitative estimate of drug-likeness (QED) is 0.840. The number of carbonyl (C=O) groups excluding carboxylic acids is 1. The lowest BCUT2D eigenvalue weighted by atomic mass is 9.92. The summed E-state index contributed by atoms with van der Waals surface area (Å²) in [5.41, 5.74) is 1.90. The minimum Gasteiger partial charge on any atom is -0.369 e. The predicted molar refractivity (Wildman–Crippen MR) is 70.2 cm³/mol. The van der Waals surface area contributed by atoms with Gasteiger partial charge in [-0.3, -0.25) is 9.89 Å². The Bertz CT molecular complexity index is 393. The van der Waals surface area contributed by atoms with Crippen LogP contribution in [0.3, 0.4) is 0 Å². The molecule has 5 heteroatoms. The number of amides is 1. The van der Waals surface area contributed by atoms with Crippen molar-refractivity contribution in [1.82, 2.24) is 15.5 Å². The lowest BCUT2D eigenvalue weighted by molar-refractivity contribution is -0.131. The standard InChI is InChI=1S/C13H23N3O2/c1-6-18-9(2)12(17)14-8-10-7-11(16-15-10)13(3,4)5/h7,9H,6,8H2,1-5H3,(H,14,17)(H,15,16)/t9-/m0/s1. The second kappa shape index (κ2) is 6.00. The highest BCUT2D eigenvalue weighted by Gasteiger charge is 2.18. The molecule has 1 atom stereocenters. The van der Waals surface area contributed by atoms with Gasteiger partial charge in [-0.05, 0) is 19.9 Å². The van der Waals surface area contributed by atoms with Gasteiger partial charge in [0.15, 0.2) is 0 Å². The Morgan fingerprint density at radius 1 is 1.56 bits per heavy atom. The van der Waals surface area contributed by atoms with Crippen molar-refractivity contribution in [3.8, 4) is 0 Å². The van der Waals surface area contributed by atoms with Gasteiger partial charge in [0.25, 0.3) is 0 Å². The fraction of sp³-hybridized carbons (Fsp3) is 0.692. The fourth-order valence-corrected chi connectivity index (χ4v) is 1.49. The molecule has 0 aliphatic rings. The molecule has 0 unspecified atom stereocenters. The number of carbonyl (C=O) groups is 1. The number of hydrogen-bond donors (Lipinski definition) is 2. The first-order chi connectivity index (χ1) is 8.34. The van der Waals surface area contributed by atoms with E-state index in [0.717, 1.165) is 11.4 Å². The average Bonchev–Trinajstić information content (AvgIpc) is 2.74. The van der Waals surface area contributed by atoms with E-state index in [4.69, 9.17) is 4.74 Å². The minimum absolute atomic E-state index is 0.0113. The van der Waals surface area contributed by atoms with Gasteiger partial charge >= 0.3 is 0 Å². The Labute approximate surface area is 108 Å². The average molecular weight is 253 g/mol. The fourth-order valence-electron chi connectivity index (χ4n) is 1.49. The monoisotopic (exact) mass is 253 g/mol. The zero-order chi connectivity index (χ0) is 13.8. The van der Waals surface area contributed by atoms with Crippen molar-refractivity contribution in [3.63, 3.8) is 0 Å². The molecule has 1 aromatic heterocycles. The first-order valence-electron chi connectivity index (χ1n) is 6.28. The normalized spacial score (nSPS) is 13.4. The SMILES string of the molecule is CCO[C@@H](C)C(=O)NCc1cc(C(C)(C)C)n[nH]1. The van der Waals surface area contributed by atoms with Crippen molar-refractivity contribution in [1.29, 1.82) is 0 Å². The number of aromatic nitrogens is 2. The van der Waals surface area contributed by atoms with E-state index in [2.05, 4.69) is 36.3 Å². The molecule has 0 aliphatic heterocycles. The largest absolute Gasteiger partial charge is 0.369 e. The summed E-state index contributed by atoms with van der Waals surface area (Å²) in [4.78, 5) is 11.6. The molecule has 0 spiro atoms. The van der Waals surface area contributed by atoms with Crippen LogP contribution in [0.4, 0.5) is 0 Å². The Morgan fingerprint density at radius 3 is 2.72 bits per heavy atom. The number of ether oxygens (including phenoxy) is 1. The van der Waals surface area contributed by atoms with Gasteiger partial charge in [0.1, 0.15) is 6.10 Å². The molecule has 1 aromatic rings. The van der Waals surface area contributed by atoms with E-state index in [1.165, 1.54) is 0 Å². The van der Waals surface area contributed by atoms with Crippen molar-refractivity contribution >= 4 is 5.91 Å². The summed E-state index contributed by atoms with van der Waals surface area (Å²) < 4.78 is 5.21. The van der Waals surface area contributed by atoms with E-state index in [1.807, 2.05) is 13.0 Å². The molecule has 0 aromatic carbocycles. The maximum atomic E-state index is 11.6. The number of aromatic amines is 1. The van der Waals surface area contributed by atoms with Crippen molar-refractivity contribution in [2.24, 2.45) is 0 Å². The maximum absolute atomic E-state index is 11.6. The second-order valence-electron chi connectivity index (χ2n) is 5.34. The number of nitrogens with zero attached hydrogens (tertiary/aromatic N) is 1. The number of rotatable bonds is 5. The Morgan fingerprint density at radius 2 is 2.22 bits per heavy atom. The summed E-state index contributed by atoms with van der Waals surface area (Å²) in [6.07, 6.45) is -0.417. The summed E-state index contributed by atoms with van der Waals surface area (Å²) >= 11 is 0. The first-order valence-corrected chi connectivity index (χ1v) is 6.28. The third-order valence-corrected chi connectivity index (χ3v) is 2.64. The molecule has 0 saturated carbocycles. The van der Waals surface area contributed by atoms with Crippen molar-refractivity contribution < 1.29 is 9.53 Å². The molecule has 102 valence electrons. The van der Waals surface area contributed by atoms with Gasteiger partial charge in [-0.25, -0.2) is 0 Å². The van der Waals surface area contributed by atoms with Crippen LogP contribution in [0, 0.1) is 0 Å². The molecule has 1 heterocycles. The maximum Gasteiger partial charge on any atom is 0.249 e. The van der Waals surface area contributed by atoms with Crippen molar-refractivity contribution in [3.05, 3.63) is 17.5 Å². The summed E-state index contributed by atoms with van der Waals surface area (Å²) in [5, 5.41) is 9.99. The van der Waals surface area contributed by atoms with Gasteiger partial charge in [-0.1, -0.05) is 20.8 Å². The number of H-pyrrole nitrogens is 1. The summed E-state index contributed by atoms with van der Waals surface area (Å²) in [7, 11) is 0. The molecule has 0 aliphatic carbocycles. The van der Waals surface area contributed by atoms with E-state index in [0.29, 0.717) is 13.2 Å². The predicted octanol–water partition coefficient (Wildman–Crippen LogP) is 1.75. The molecule has 5 nitrogen and oxygen atoms in total. The summed E-state index contributed by atoms with van der Waals surface area (Å²) in [6, 6.07) is 1.98. The molecule has 0 fully saturated rings. The summed E-state index contributed by atoms with van der Waals surface area (Å²) in [5.74, 6) is -0.108. The molecular formula is C13H23N3O2. The molecule has 1 rings (SSSR count). The highest BCUT2D eigenvalue weighted by Crippen LogP contribution is 2.20. The van der Waals surface area contributed by atoms with Crippen LogP contribution in [0.15, 0.2) is 6.07 Å². The van der Waals surface area contributed by atoms with Crippen LogP contribution in [0.1, 0.15) is 46.0 Å². The van der Waals surface area contributed by atoms with Crippen LogP contribution in [-0.4, -0.2) is 28.8 Å². The molecule has 1 amide bonds. The van der Waals surface area contributed by atoms with Crippen molar-refractivity contribution in [2.75, 3.05) is 6.61 Å². The van der Waals surface area contributed by atoms with Gasteiger partial charge in [-0.15, -0.1) is 0 Å². The van der Waals surface area contributed by atoms with Gasteiger partial charge in [0, 0.05) is 12.0 Å². The molecule has 0 saturated heterocycles. The van der Waals surface area contributed by atoms with Crippen LogP contribution in [0.25, 0.3) is 0 Å². The highest BCUT2D eigenvalue weighted by atomic mass is 16.5. The Kier molecular flexibility index (Phi) is 4.90. The van der Waals surface area contributed by atoms with Gasteiger partial charge in [0.05, 0.1) is 17.9 Å². The second-order valence-corrected chi connectivity index (χ2v) is 5.34. The highest BCUT2D eigenvalue weighted by molar-refractivity contribution is 5.80. The lowest BCUT2D eigenvalue weighted by Crippen LogP contribution is -2.34. The van der Waals surface area contributed by atoms with Gasteiger partial charge in [-0.2, -0.15) is 5.10 Å². The topological polar surface area (TPSA) is 67.0 Å². The smallest absolute Gasteiger partial charge is 0.249 e. The molecule has 0 bridgehead atoms. The Hall–Kier alpha value is -1.36. The lowest BCUT2D eigenvalue weighted by Gasteiger charge is -2.13. The van der Waals surface area contributed by atoms with Crippen LogP contribution in [-0.2, 0) is 21.5 Å². The number of hydrogen-bond acceptors (Lipinski definition) is 3. The van der Waals surface area contributed by atoms with Gasteiger partial charge in [0.2, 0.25) is 5.91 Å². The van der Waals surface area contributed by atoms with Crippen molar-refractivity contribution in [2.45, 2.75) is 52.7 Å². The molecule has 2 N–H and O–H groups in total. The van der Waals surface area contributed by atoms with E-state index in [-0.39, 0.29) is 11.3 Å². The number of nitrogens with one attached hydrogen (secondary N) is 2. The first kappa shape index (κ1) is 14.7. The third-order valence-electron chi connectivity index (χ3n) is 2.64. The molecular weight excluding hydrogens is 230 g/mol. The van der Waals surface area contributed by atoms with Crippen LogP contribution in [0.2, 0.25) is 0 Å². The van der Waals surface area contributed by atoms with E-state index >= 15 is 0 Å². The van der Waals surface area contributed by atoms with Crippen LogP contribution in [0.5, 0.6) is 0 Å². The van der Waals surface area contributed by atoms with Crippen LogP contribution >= 0.6 is 0 Å². The van der Waals surface area contributed by atoms with Crippen LogP contribution < -0.4 is 5.32 Å². The minimum atomic E-state index is -0.417. The molecule has 18 heavy (non-hydrogen) atoms. The van der Waals surface area contributed by atoms with E-state index in [9.17, 15) is 4.79 Å². The zero-order valence-corrected chi connectivity index (χ0v) is 11.8. The Balaban J connectivity index is 2.49. The van der Waals surface area contributed by atoms with E-state index < -0.39 is 6.10 Å². The molecule has 0 radical (unpaired) electrons. The summed E-state index contributed by atoms with van der Waals surface area (Å²) in [6.45, 7) is 10.9. The van der Waals surface area contributed by atoms with Gasteiger partial charge < -0.3 is 10.1 Å². The van der Waals surface area contributed by atoms with E-state index in [1.54, 1.807) is 6.92 Å². The third kappa shape index (κ3) is 4.14. The zero-order valence-electron chi connectivity index (χ0n) is 11.8.